The van der Waals surface area contributed by atoms with Crippen LogP contribution in [0, 0.1) is 0 Å². The van der Waals surface area contributed by atoms with Gasteiger partial charge in [-0.15, -0.1) is 0 Å². The number of hydrogen-bond acceptors (Lipinski definition) is 4. The van der Waals surface area contributed by atoms with Crippen LogP contribution >= 0.6 is 0 Å². The summed E-state index contributed by atoms with van der Waals surface area (Å²) in [6, 6.07) is 7.85. The van der Waals surface area contributed by atoms with E-state index < -0.39 is 12.0 Å². The molecule has 0 saturated carbocycles. The molecular weight excluding hydrogens is 222 g/mol. The first-order valence-corrected chi connectivity index (χ1v) is 5.18. The molecule has 5 nitrogen and oxygen atoms in total. The van der Waals surface area contributed by atoms with Gasteiger partial charge < -0.3 is 9.84 Å². The van der Waals surface area contributed by atoms with Crippen LogP contribution in [0.25, 0.3) is 0 Å². The van der Waals surface area contributed by atoms with Crippen LogP contribution in [0.15, 0.2) is 30.3 Å². The number of rotatable bonds is 7. The molecule has 0 saturated heterocycles. The minimum absolute atomic E-state index is 0.0235. The summed E-state index contributed by atoms with van der Waals surface area (Å²) in [6.45, 7) is 0.00173. The molecule has 0 spiro atoms. The summed E-state index contributed by atoms with van der Waals surface area (Å²) in [5, 5.41) is 11.5. The zero-order valence-corrected chi connectivity index (χ0v) is 9.55. The Kier molecular flexibility index (Phi) is 5.32. The van der Waals surface area contributed by atoms with Crippen LogP contribution in [0.1, 0.15) is 10.4 Å². The summed E-state index contributed by atoms with van der Waals surface area (Å²) in [5.41, 5.74) is 0.557. The molecule has 0 heterocycles. The van der Waals surface area contributed by atoms with E-state index in [1.807, 2.05) is 6.07 Å². The van der Waals surface area contributed by atoms with Crippen molar-refractivity contribution in [3.8, 4) is 0 Å². The molecule has 0 aliphatic heterocycles. The van der Waals surface area contributed by atoms with Crippen LogP contribution in [-0.2, 0) is 9.53 Å². The monoisotopic (exact) mass is 237 g/mol. The predicted molar refractivity (Wildman–Crippen MR) is 62.1 cm³/mol. The lowest BCUT2D eigenvalue weighted by Crippen LogP contribution is -2.42. The predicted octanol–water partition coefficient (Wildman–Crippen LogP) is 0.558. The van der Waals surface area contributed by atoms with E-state index in [2.05, 4.69) is 5.32 Å². The summed E-state index contributed by atoms with van der Waals surface area (Å²) in [4.78, 5) is 22.5. The van der Waals surface area contributed by atoms with Crippen molar-refractivity contribution < 1.29 is 19.4 Å². The lowest BCUT2D eigenvalue weighted by Gasteiger charge is -2.12. The lowest BCUT2D eigenvalue weighted by atomic mass is 10.1. The van der Waals surface area contributed by atoms with Crippen molar-refractivity contribution in [3.05, 3.63) is 35.9 Å². The van der Waals surface area contributed by atoms with E-state index in [4.69, 9.17) is 9.84 Å². The van der Waals surface area contributed by atoms with Gasteiger partial charge in [0.05, 0.1) is 13.2 Å². The fourth-order valence-electron chi connectivity index (χ4n) is 1.33. The van der Waals surface area contributed by atoms with Crippen LogP contribution in [0.2, 0.25) is 0 Å². The molecule has 5 heteroatoms. The van der Waals surface area contributed by atoms with E-state index in [0.29, 0.717) is 5.56 Å². The number of methoxy groups -OCH3 is 1. The summed E-state index contributed by atoms with van der Waals surface area (Å²) >= 11 is 0. The highest BCUT2D eigenvalue weighted by Crippen LogP contribution is 1.99. The first kappa shape index (κ1) is 13.3. The Labute approximate surface area is 99.4 Å². The number of carboxylic acid groups (broad SMARTS) is 1. The third-order valence-electron chi connectivity index (χ3n) is 2.24. The van der Waals surface area contributed by atoms with E-state index in [9.17, 15) is 9.59 Å². The second-order valence-corrected chi connectivity index (χ2v) is 3.52. The number of Topliss-reactive ketones (excluding diaryl/α,β-unsaturated/α-hetero) is 1. The van der Waals surface area contributed by atoms with E-state index in [0.717, 1.165) is 0 Å². The first-order chi connectivity index (χ1) is 8.15. The van der Waals surface area contributed by atoms with Crippen molar-refractivity contribution in [2.45, 2.75) is 6.04 Å². The molecule has 1 rings (SSSR count). The van der Waals surface area contributed by atoms with Crippen LogP contribution in [0.4, 0.5) is 0 Å². The SMILES string of the molecule is COC[C@H](NCC(=O)c1ccccc1)C(=O)O. The zero-order chi connectivity index (χ0) is 12.7. The third-order valence-corrected chi connectivity index (χ3v) is 2.24. The molecule has 0 aliphatic rings. The van der Waals surface area contributed by atoms with Crippen molar-refractivity contribution in [3.63, 3.8) is 0 Å². The van der Waals surface area contributed by atoms with Crippen LogP contribution in [-0.4, -0.2) is 43.2 Å². The Morgan fingerprint density at radius 2 is 2.00 bits per heavy atom. The molecule has 1 aromatic carbocycles. The average Bonchev–Trinajstić information content (AvgIpc) is 2.34. The average molecular weight is 237 g/mol. The number of carbonyl (C=O) groups is 2. The topological polar surface area (TPSA) is 75.6 Å². The largest absolute Gasteiger partial charge is 0.480 e. The van der Waals surface area contributed by atoms with E-state index in [1.54, 1.807) is 24.3 Å². The Balaban J connectivity index is 2.49. The molecule has 1 atom stereocenters. The van der Waals surface area contributed by atoms with Crippen molar-refractivity contribution in [2.75, 3.05) is 20.3 Å². The van der Waals surface area contributed by atoms with Gasteiger partial charge in [0, 0.05) is 12.7 Å². The molecule has 92 valence electrons. The number of hydrogen-bond donors (Lipinski definition) is 2. The Morgan fingerprint density at radius 3 is 2.53 bits per heavy atom. The highest BCUT2D eigenvalue weighted by atomic mass is 16.5. The molecule has 0 radical (unpaired) electrons. The van der Waals surface area contributed by atoms with Gasteiger partial charge in [-0.05, 0) is 0 Å². The number of nitrogens with one attached hydrogen (secondary N) is 1. The Morgan fingerprint density at radius 1 is 1.35 bits per heavy atom. The molecule has 1 aromatic rings. The molecule has 17 heavy (non-hydrogen) atoms. The van der Waals surface area contributed by atoms with Gasteiger partial charge in [-0.25, -0.2) is 0 Å². The number of aliphatic carboxylic acids is 1. The maximum atomic E-state index is 11.7. The Bertz CT molecular complexity index is 377. The second kappa shape index (κ2) is 6.78. The van der Waals surface area contributed by atoms with Crippen LogP contribution in [0.3, 0.4) is 0 Å². The highest BCUT2D eigenvalue weighted by molar-refractivity contribution is 5.97. The van der Waals surface area contributed by atoms with Crippen molar-refractivity contribution in [1.82, 2.24) is 5.32 Å². The van der Waals surface area contributed by atoms with Crippen molar-refractivity contribution in [1.29, 1.82) is 0 Å². The molecule has 0 unspecified atom stereocenters. The molecule has 0 bridgehead atoms. The lowest BCUT2D eigenvalue weighted by molar-refractivity contribution is -0.140. The minimum atomic E-state index is -1.03. The molecule has 0 fully saturated rings. The fourth-order valence-corrected chi connectivity index (χ4v) is 1.33. The van der Waals surface area contributed by atoms with Gasteiger partial charge in [0.25, 0.3) is 0 Å². The van der Waals surface area contributed by atoms with E-state index in [1.165, 1.54) is 7.11 Å². The first-order valence-electron chi connectivity index (χ1n) is 5.18. The zero-order valence-electron chi connectivity index (χ0n) is 9.55. The number of ketones is 1. The quantitative estimate of drug-likeness (QED) is 0.678. The van der Waals surface area contributed by atoms with E-state index >= 15 is 0 Å². The highest BCUT2D eigenvalue weighted by Gasteiger charge is 2.17. The fraction of sp³-hybridized carbons (Fsp3) is 0.333. The normalized spacial score (nSPS) is 12.1. The molecule has 2 N–H and O–H groups in total. The third kappa shape index (κ3) is 4.34. The minimum Gasteiger partial charge on any atom is -0.480 e. The molecule has 0 amide bonds. The van der Waals surface area contributed by atoms with Gasteiger partial charge in [0.2, 0.25) is 0 Å². The summed E-state index contributed by atoms with van der Waals surface area (Å²) in [6.07, 6.45) is 0. The maximum Gasteiger partial charge on any atom is 0.323 e. The van der Waals surface area contributed by atoms with Gasteiger partial charge >= 0.3 is 5.97 Å². The molecule has 0 aliphatic carbocycles. The van der Waals surface area contributed by atoms with Gasteiger partial charge in [0.1, 0.15) is 6.04 Å². The Hall–Kier alpha value is -1.72. The maximum absolute atomic E-state index is 11.7. The van der Waals surface area contributed by atoms with E-state index in [-0.39, 0.29) is 18.9 Å². The smallest absolute Gasteiger partial charge is 0.323 e. The van der Waals surface area contributed by atoms with Gasteiger partial charge in [-0.1, -0.05) is 30.3 Å². The molecular formula is C12H15NO4. The summed E-state index contributed by atoms with van der Waals surface area (Å²) < 4.78 is 4.75. The van der Waals surface area contributed by atoms with Crippen LogP contribution < -0.4 is 5.32 Å². The second-order valence-electron chi connectivity index (χ2n) is 3.52. The molecule has 0 aromatic heterocycles. The van der Waals surface area contributed by atoms with Gasteiger partial charge in [-0.3, -0.25) is 14.9 Å². The van der Waals surface area contributed by atoms with Gasteiger partial charge in [-0.2, -0.15) is 0 Å². The van der Waals surface area contributed by atoms with Gasteiger partial charge in [0.15, 0.2) is 5.78 Å². The summed E-state index contributed by atoms with van der Waals surface area (Å²) in [7, 11) is 1.41. The standard InChI is InChI=1S/C12H15NO4/c1-17-8-10(12(15)16)13-7-11(14)9-5-3-2-4-6-9/h2-6,10,13H,7-8H2,1H3,(H,15,16)/t10-/m0/s1. The van der Waals surface area contributed by atoms with Crippen LogP contribution in [0.5, 0.6) is 0 Å². The van der Waals surface area contributed by atoms with Crippen molar-refractivity contribution >= 4 is 11.8 Å². The number of carbonyl (C=O) groups excluding carboxylic acids is 1. The number of carboxylic acids is 1. The number of benzene rings is 1. The number of ether oxygens (including phenoxy) is 1. The van der Waals surface area contributed by atoms with Crippen molar-refractivity contribution in [2.24, 2.45) is 0 Å². The summed E-state index contributed by atoms with van der Waals surface area (Å²) in [5.74, 6) is -1.18.